The van der Waals surface area contributed by atoms with E-state index in [1.807, 2.05) is 0 Å². The molecule has 0 spiro atoms. The van der Waals surface area contributed by atoms with E-state index in [9.17, 15) is 4.79 Å². The normalized spacial score (nSPS) is 25.0. The third-order valence-corrected chi connectivity index (χ3v) is 3.69. The van der Waals surface area contributed by atoms with Crippen molar-refractivity contribution in [2.75, 3.05) is 0 Å². The molecular formula is C15H20O. The molecule has 0 saturated heterocycles. The zero-order valence-corrected chi connectivity index (χ0v) is 10.3. The first-order valence-electron chi connectivity index (χ1n) is 6.21. The number of hydrogen-bond acceptors (Lipinski definition) is 1. The molecule has 1 atom stereocenters. The fourth-order valence-corrected chi connectivity index (χ4v) is 2.63. The van der Waals surface area contributed by atoms with Gasteiger partial charge < -0.3 is 0 Å². The summed E-state index contributed by atoms with van der Waals surface area (Å²) in [7, 11) is 0. The van der Waals surface area contributed by atoms with Gasteiger partial charge in [0, 0.05) is 12.8 Å². The Labute approximate surface area is 97.9 Å². The third-order valence-electron chi connectivity index (χ3n) is 3.69. The highest BCUT2D eigenvalue weighted by molar-refractivity contribution is 5.81. The van der Waals surface area contributed by atoms with E-state index >= 15 is 0 Å². The van der Waals surface area contributed by atoms with Gasteiger partial charge in [0.15, 0.2) is 0 Å². The van der Waals surface area contributed by atoms with Gasteiger partial charge in [0.2, 0.25) is 0 Å². The summed E-state index contributed by atoms with van der Waals surface area (Å²) in [6, 6.07) is 8.84. The average molecular weight is 216 g/mol. The van der Waals surface area contributed by atoms with Crippen molar-refractivity contribution in [2.24, 2.45) is 5.41 Å². The molecule has 1 aromatic carbocycles. The van der Waals surface area contributed by atoms with Crippen LogP contribution in [0.1, 0.15) is 44.2 Å². The van der Waals surface area contributed by atoms with Gasteiger partial charge in [-0.3, -0.25) is 4.79 Å². The smallest absolute Gasteiger partial charge is 0.133 e. The Morgan fingerprint density at radius 3 is 2.31 bits per heavy atom. The van der Waals surface area contributed by atoms with Gasteiger partial charge in [0.25, 0.3) is 0 Å². The molecule has 1 heteroatoms. The first-order chi connectivity index (χ1) is 7.61. The van der Waals surface area contributed by atoms with Crippen LogP contribution in [0.2, 0.25) is 0 Å². The summed E-state index contributed by atoms with van der Waals surface area (Å²) >= 11 is 0. The summed E-state index contributed by atoms with van der Waals surface area (Å²) in [5, 5.41) is 0. The molecule has 1 nitrogen and oxygen atoms in total. The van der Waals surface area contributed by atoms with Gasteiger partial charge in [0.1, 0.15) is 5.78 Å². The Bertz CT molecular complexity index is 377. The SMILES string of the molecule is CCc1ccc(CC2(C)CCC(=O)C2)cc1. The molecule has 0 bridgehead atoms. The van der Waals surface area contributed by atoms with Gasteiger partial charge >= 0.3 is 0 Å². The van der Waals surface area contributed by atoms with Gasteiger partial charge in [-0.2, -0.15) is 0 Å². The zero-order chi connectivity index (χ0) is 11.6. The number of benzene rings is 1. The molecule has 1 aromatic rings. The molecule has 0 aliphatic heterocycles. The maximum absolute atomic E-state index is 11.3. The number of carbonyl (C=O) groups excluding carboxylic acids is 1. The zero-order valence-electron chi connectivity index (χ0n) is 10.3. The molecule has 0 heterocycles. The highest BCUT2D eigenvalue weighted by Crippen LogP contribution is 2.38. The van der Waals surface area contributed by atoms with E-state index in [1.54, 1.807) is 0 Å². The molecule has 0 radical (unpaired) electrons. The van der Waals surface area contributed by atoms with Crippen LogP contribution in [-0.4, -0.2) is 5.78 Å². The van der Waals surface area contributed by atoms with Crippen LogP contribution in [0.5, 0.6) is 0 Å². The summed E-state index contributed by atoms with van der Waals surface area (Å²) < 4.78 is 0. The summed E-state index contributed by atoms with van der Waals surface area (Å²) in [4.78, 5) is 11.3. The van der Waals surface area contributed by atoms with Crippen molar-refractivity contribution in [3.05, 3.63) is 35.4 Å². The van der Waals surface area contributed by atoms with Gasteiger partial charge in [-0.05, 0) is 35.8 Å². The lowest BCUT2D eigenvalue weighted by atomic mass is 9.82. The van der Waals surface area contributed by atoms with Crippen LogP contribution in [0.25, 0.3) is 0 Å². The van der Waals surface area contributed by atoms with Crippen LogP contribution in [0.15, 0.2) is 24.3 Å². The molecule has 1 saturated carbocycles. The first-order valence-corrected chi connectivity index (χ1v) is 6.21. The molecule has 2 rings (SSSR count). The van der Waals surface area contributed by atoms with E-state index in [0.29, 0.717) is 5.78 Å². The molecule has 1 aliphatic carbocycles. The van der Waals surface area contributed by atoms with Gasteiger partial charge in [-0.25, -0.2) is 0 Å². The summed E-state index contributed by atoms with van der Waals surface area (Å²) in [5.74, 6) is 0.438. The number of rotatable bonds is 3. The Kier molecular flexibility index (Phi) is 3.13. The minimum Gasteiger partial charge on any atom is -0.300 e. The second-order valence-corrected chi connectivity index (χ2v) is 5.37. The number of hydrogen-bond donors (Lipinski definition) is 0. The van der Waals surface area contributed by atoms with Gasteiger partial charge in [0.05, 0.1) is 0 Å². The second kappa shape index (κ2) is 4.40. The highest BCUT2D eigenvalue weighted by Gasteiger charge is 2.33. The lowest BCUT2D eigenvalue weighted by molar-refractivity contribution is -0.117. The molecule has 86 valence electrons. The maximum atomic E-state index is 11.3. The maximum Gasteiger partial charge on any atom is 0.133 e. The number of aryl methyl sites for hydroxylation is 1. The van der Waals surface area contributed by atoms with Crippen molar-refractivity contribution in [3.63, 3.8) is 0 Å². The van der Waals surface area contributed by atoms with Crippen molar-refractivity contribution in [3.8, 4) is 0 Å². The summed E-state index contributed by atoms with van der Waals surface area (Å²) in [5.41, 5.74) is 2.97. The van der Waals surface area contributed by atoms with Crippen LogP contribution >= 0.6 is 0 Å². The molecule has 1 fully saturated rings. The topological polar surface area (TPSA) is 17.1 Å². The van der Waals surface area contributed by atoms with Crippen LogP contribution in [0.3, 0.4) is 0 Å². The fraction of sp³-hybridized carbons (Fsp3) is 0.533. The fourth-order valence-electron chi connectivity index (χ4n) is 2.63. The van der Waals surface area contributed by atoms with Crippen molar-refractivity contribution in [1.29, 1.82) is 0 Å². The van der Waals surface area contributed by atoms with E-state index in [-0.39, 0.29) is 5.41 Å². The van der Waals surface area contributed by atoms with Crippen molar-refractivity contribution in [2.45, 2.75) is 46.0 Å². The summed E-state index contributed by atoms with van der Waals surface area (Å²) in [6.45, 7) is 4.41. The quantitative estimate of drug-likeness (QED) is 0.755. The largest absolute Gasteiger partial charge is 0.300 e. The lowest BCUT2D eigenvalue weighted by Gasteiger charge is -2.22. The number of Topliss-reactive ketones (excluding diaryl/α,β-unsaturated/α-hetero) is 1. The predicted molar refractivity (Wildman–Crippen MR) is 66.5 cm³/mol. The molecule has 0 aromatic heterocycles. The number of carbonyl (C=O) groups is 1. The van der Waals surface area contributed by atoms with Crippen molar-refractivity contribution < 1.29 is 4.79 Å². The van der Waals surface area contributed by atoms with Crippen LogP contribution < -0.4 is 0 Å². The lowest BCUT2D eigenvalue weighted by Crippen LogP contribution is -2.15. The average Bonchev–Trinajstić information content (AvgIpc) is 2.59. The Morgan fingerprint density at radius 2 is 1.81 bits per heavy atom. The van der Waals surface area contributed by atoms with E-state index < -0.39 is 0 Å². The van der Waals surface area contributed by atoms with Crippen LogP contribution in [0.4, 0.5) is 0 Å². The Balaban J connectivity index is 2.06. The molecule has 0 amide bonds. The van der Waals surface area contributed by atoms with Gasteiger partial charge in [-0.15, -0.1) is 0 Å². The Hall–Kier alpha value is -1.11. The van der Waals surface area contributed by atoms with Gasteiger partial charge in [-0.1, -0.05) is 38.1 Å². The van der Waals surface area contributed by atoms with Crippen molar-refractivity contribution in [1.82, 2.24) is 0 Å². The van der Waals surface area contributed by atoms with E-state index in [4.69, 9.17) is 0 Å². The minimum atomic E-state index is 0.213. The summed E-state index contributed by atoms with van der Waals surface area (Å²) in [6.07, 6.45) is 4.74. The molecule has 1 unspecified atom stereocenters. The van der Waals surface area contributed by atoms with Crippen molar-refractivity contribution >= 4 is 5.78 Å². The van der Waals surface area contributed by atoms with E-state index in [2.05, 4.69) is 38.1 Å². The minimum absolute atomic E-state index is 0.213. The third kappa shape index (κ3) is 2.52. The molecule has 1 aliphatic rings. The monoisotopic (exact) mass is 216 g/mol. The molecule has 0 N–H and O–H groups in total. The Morgan fingerprint density at radius 1 is 1.19 bits per heavy atom. The first kappa shape index (κ1) is 11.4. The molecular weight excluding hydrogens is 196 g/mol. The van der Waals surface area contributed by atoms with Crippen LogP contribution in [-0.2, 0) is 17.6 Å². The standard InChI is InChI=1S/C15H20O/c1-3-12-4-6-13(7-5-12)10-15(2)9-8-14(16)11-15/h4-7H,3,8-11H2,1-2H3. The molecule has 16 heavy (non-hydrogen) atoms. The number of ketones is 1. The second-order valence-electron chi connectivity index (χ2n) is 5.37. The van der Waals surface area contributed by atoms with Crippen LogP contribution in [0, 0.1) is 5.41 Å². The highest BCUT2D eigenvalue weighted by atomic mass is 16.1. The predicted octanol–water partition coefficient (Wildman–Crippen LogP) is 3.55. The van der Waals surface area contributed by atoms with E-state index in [1.165, 1.54) is 11.1 Å². The van der Waals surface area contributed by atoms with E-state index in [0.717, 1.165) is 32.1 Å².